The third-order valence-electron chi connectivity index (χ3n) is 1.79. The van der Waals surface area contributed by atoms with Crippen LogP contribution in [-0.4, -0.2) is 0 Å². The number of hydrogen-bond donors (Lipinski definition) is 3. The van der Waals surface area contributed by atoms with Crippen LogP contribution in [0, 0.1) is 5.16 Å². The van der Waals surface area contributed by atoms with E-state index in [-0.39, 0.29) is 0 Å². The third-order valence-corrected chi connectivity index (χ3v) is 2.16. The molecular formula is C8H8N3O2P. The molecule has 3 N–H and O–H groups in total. The quantitative estimate of drug-likeness (QED) is 0.550. The summed E-state index contributed by atoms with van der Waals surface area (Å²) < 4.78 is 4.77. The van der Waals surface area contributed by atoms with Gasteiger partial charge in [0.1, 0.15) is 0 Å². The minimum atomic E-state index is -2.35. The Balaban J connectivity index is 2.45. The monoisotopic (exact) mass is 209 g/mol. The Bertz CT molecular complexity index is 486. The van der Waals surface area contributed by atoms with Gasteiger partial charge in [-0.25, -0.2) is 0 Å². The molecule has 1 heterocycles. The number of rotatable bonds is 2. The Morgan fingerprint density at radius 2 is 1.93 bits per heavy atom. The largest absolute Gasteiger partial charge is 0.576 e. The number of fused-ring (bicyclic) bond motifs is 1. The summed E-state index contributed by atoms with van der Waals surface area (Å²) in [7, 11) is -2.35. The van der Waals surface area contributed by atoms with Gasteiger partial charge in [0.25, 0.3) is 0 Å². The fourth-order valence-corrected chi connectivity index (χ4v) is 1.51. The normalized spacial score (nSPS) is 13.6. The van der Waals surface area contributed by atoms with Crippen LogP contribution in [0.15, 0.2) is 18.2 Å². The topological polar surface area (TPSA) is 80.2 Å². The van der Waals surface area contributed by atoms with E-state index in [9.17, 15) is 4.89 Å². The van der Waals surface area contributed by atoms with Crippen LogP contribution in [0.25, 0.3) is 12.4 Å². The van der Waals surface area contributed by atoms with Gasteiger partial charge < -0.3 is 15.7 Å². The standard InChI is InChI=1S/C8H8N3O2P/c9-14(12)13-8-2-1-6-4-10-11-5-7(6)3-8/h1-5,9-11H. The molecule has 1 aliphatic rings. The first-order chi connectivity index (χ1) is 6.75. The van der Waals surface area contributed by atoms with Gasteiger partial charge in [-0.1, -0.05) is 5.16 Å². The number of hydrazine groups is 1. The number of benzene rings is 1. The zero-order valence-corrected chi connectivity index (χ0v) is 8.04. The summed E-state index contributed by atoms with van der Waals surface area (Å²) in [6, 6.07) is 5.23. The van der Waals surface area contributed by atoms with E-state index in [0.29, 0.717) is 5.75 Å². The van der Waals surface area contributed by atoms with E-state index < -0.39 is 8.17 Å². The highest BCUT2D eigenvalue weighted by atomic mass is 31.1. The van der Waals surface area contributed by atoms with Gasteiger partial charge >= 0.3 is 8.17 Å². The Morgan fingerprint density at radius 1 is 1.21 bits per heavy atom. The molecular weight excluding hydrogens is 201 g/mol. The van der Waals surface area contributed by atoms with Crippen LogP contribution in [0.2, 0.25) is 0 Å². The molecule has 1 atom stereocenters. The summed E-state index contributed by atoms with van der Waals surface area (Å²) in [5.74, 6) is 0.438. The van der Waals surface area contributed by atoms with E-state index in [1.54, 1.807) is 24.5 Å². The van der Waals surface area contributed by atoms with Gasteiger partial charge in [-0.3, -0.25) is 4.52 Å². The minimum absolute atomic E-state index is 0.438. The molecule has 0 saturated carbocycles. The molecule has 0 aliphatic carbocycles. The summed E-state index contributed by atoms with van der Waals surface area (Å²) in [6.45, 7) is 0. The lowest BCUT2D eigenvalue weighted by molar-refractivity contribution is -0.169. The molecule has 0 radical (unpaired) electrons. The van der Waals surface area contributed by atoms with Gasteiger partial charge in [0.05, 0.1) is 0 Å². The first-order valence-electron chi connectivity index (χ1n) is 3.94. The lowest BCUT2D eigenvalue weighted by atomic mass is 10.2. The van der Waals surface area contributed by atoms with Crippen molar-refractivity contribution in [2.75, 3.05) is 0 Å². The third kappa shape index (κ3) is 1.84. The lowest BCUT2D eigenvalue weighted by Crippen LogP contribution is -2.38. The average molecular weight is 209 g/mol. The SMILES string of the molecule is N=[P+]([O-])Oc1ccc2c(c1)=CNNC=2. The summed E-state index contributed by atoms with van der Waals surface area (Å²) in [5.41, 5.74) is 5.65. The van der Waals surface area contributed by atoms with Crippen LogP contribution in [0.5, 0.6) is 5.75 Å². The molecule has 1 aromatic carbocycles. The molecule has 72 valence electrons. The second-order valence-corrected chi connectivity index (χ2v) is 3.41. The second kappa shape index (κ2) is 3.65. The summed E-state index contributed by atoms with van der Waals surface area (Å²) in [6.07, 6.45) is 3.57. The number of nitrogens with one attached hydrogen (secondary N) is 3. The highest BCUT2D eigenvalue weighted by Gasteiger charge is 2.01. The van der Waals surface area contributed by atoms with Crippen LogP contribution in [-0.2, 0) is 0 Å². The molecule has 1 aliphatic heterocycles. The molecule has 5 nitrogen and oxygen atoms in total. The summed E-state index contributed by atoms with van der Waals surface area (Å²) in [5, 5.41) is 8.74. The zero-order valence-electron chi connectivity index (χ0n) is 7.15. The predicted octanol–water partition coefficient (Wildman–Crippen LogP) is -0.916. The Morgan fingerprint density at radius 3 is 2.64 bits per heavy atom. The molecule has 1 aromatic rings. The first-order valence-corrected chi connectivity index (χ1v) is 5.11. The predicted molar refractivity (Wildman–Crippen MR) is 51.2 cm³/mol. The number of hydrogen-bond acceptors (Lipinski definition) is 5. The van der Waals surface area contributed by atoms with E-state index in [2.05, 4.69) is 10.9 Å². The zero-order chi connectivity index (χ0) is 9.97. The van der Waals surface area contributed by atoms with Gasteiger partial charge in [-0.15, -0.1) is 0 Å². The van der Waals surface area contributed by atoms with Gasteiger partial charge in [-0.2, -0.15) is 0 Å². The highest BCUT2D eigenvalue weighted by Crippen LogP contribution is 2.16. The molecule has 0 spiro atoms. The molecule has 14 heavy (non-hydrogen) atoms. The lowest BCUT2D eigenvalue weighted by Gasteiger charge is -2.05. The van der Waals surface area contributed by atoms with Crippen molar-refractivity contribution in [1.82, 2.24) is 10.9 Å². The molecule has 0 saturated heterocycles. The van der Waals surface area contributed by atoms with Crippen molar-refractivity contribution in [1.29, 1.82) is 5.16 Å². The smallest absolute Gasteiger partial charge is 0.391 e. The van der Waals surface area contributed by atoms with Crippen molar-refractivity contribution < 1.29 is 9.42 Å². The van der Waals surface area contributed by atoms with E-state index >= 15 is 0 Å². The van der Waals surface area contributed by atoms with Crippen molar-refractivity contribution >= 4 is 20.6 Å². The van der Waals surface area contributed by atoms with Crippen molar-refractivity contribution in [2.45, 2.75) is 0 Å². The van der Waals surface area contributed by atoms with Crippen LogP contribution in [0.3, 0.4) is 0 Å². The van der Waals surface area contributed by atoms with Crippen molar-refractivity contribution in [3.8, 4) is 5.75 Å². The van der Waals surface area contributed by atoms with E-state index in [1.165, 1.54) is 0 Å². The van der Waals surface area contributed by atoms with Gasteiger partial charge in [0.15, 0.2) is 5.75 Å². The Kier molecular flexibility index (Phi) is 2.35. The highest BCUT2D eigenvalue weighted by molar-refractivity contribution is 7.32. The molecule has 0 amide bonds. The van der Waals surface area contributed by atoms with Crippen LogP contribution >= 0.6 is 8.17 Å². The van der Waals surface area contributed by atoms with Gasteiger partial charge in [0.2, 0.25) is 0 Å². The van der Waals surface area contributed by atoms with Crippen molar-refractivity contribution in [3.05, 3.63) is 28.6 Å². The maximum absolute atomic E-state index is 10.5. The van der Waals surface area contributed by atoms with Crippen LogP contribution in [0.4, 0.5) is 0 Å². The summed E-state index contributed by atoms with van der Waals surface area (Å²) >= 11 is 0. The second-order valence-electron chi connectivity index (χ2n) is 2.72. The van der Waals surface area contributed by atoms with Gasteiger partial charge in [0, 0.05) is 22.8 Å². The molecule has 1 unspecified atom stereocenters. The van der Waals surface area contributed by atoms with E-state index in [0.717, 1.165) is 10.4 Å². The molecule has 0 aromatic heterocycles. The van der Waals surface area contributed by atoms with Crippen molar-refractivity contribution in [2.24, 2.45) is 0 Å². The maximum Gasteiger partial charge on any atom is 0.391 e. The molecule has 0 bridgehead atoms. The summed E-state index contributed by atoms with van der Waals surface area (Å²) in [4.78, 5) is 10.5. The average Bonchev–Trinajstić information content (AvgIpc) is 2.17. The van der Waals surface area contributed by atoms with Crippen molar-refractivity contribution in [3.63, 3.8) is 0 Å². The molecule has 2 rings (SSSR count). The Hall–Kier alpha value is -1.58. The maximum atomic E-state index is 10.5. The van der Waals surface area contributed by atoms with Crippen LogP contribution < -0.4 is 30.7 Å². The fourth-order valence-electron chi connectivity index (χ4n) is 1.20. The van der Waals surface area contributed by atoms with Gasteiger partial charge in [-0.05, 0) is 18.2 Å². The molecule has 0 fully saturated rings. The van der Waals surface area contributed by atoms with Crippen LogP contribution in [0.1, 0.15) is 0 Å². The van der Waals surface area contributed by atoms with E-state index in [1.807, 2.05) is 6.07 Å². The fraction of sp³-hybridized carbons (Fsp3) is 0. The molecule has 6 heteroatoms. The van der Waals surface area contributed by atoms with E-state index in [4.69, 9.17) is 9.69 Å². The minimum Gasteiger partial charge on any atom is -0.576 e. The Labute approximate surface area is 81.1 Å². The first kappa shape index (κ1) is 8.99.